The summed E-state index contributed by atoms with van der Waals surface area (Å²) in [7, 11) is -4.03. The van der Waals surface area contributed by atoms with Gasteiger partial charge in [-0.25, -0.2) is 0 Å². The van der Waals surface area contributed by atoms with E-state index in [4.69, 9.17) is 0 Å². The van der Waals surface area contributed by atoms with Gasteiger partial charge in [-0.05, 0) is 44.0 Å². The zero-order valence-electron chi connectivity index (χ0n) is 7.28. The van der Waals surface area contributed by atoms with Crippen molar-refractivity contribution in [2.24, 2.45) is 0 Å². The first-order valence-corrected chi connectivity index (χ1v) is 7.43. The fourth-order valence-corrected chi connectivity index (χ4v) is 4.07. The molecule has 1 heterocycles. The molecular weight excluding hydrogens is 436 g/mol. The molecule has 1 aliphatic rings. The minimum Gasteiger partial charge on any atom is -0.165 e. The quantitative estimate of drug-likeness (QED) is 0.726. The van der Waals surface area contributed by atoms with Crippen molar-refractivity contribution in [2.45, 2.75) is 0 Å². The van der Waals surface area contributed by atoms with Gasteiger partial charge in [0.25, 0.3) is 0 Å². The minimum absolute atomic E-state index is 0.435. The number of hydrazine groups is 1. The van der Waals surface area contributed by atoms with Crippen LogP contribution in [0.1, 0.15) is 0 Å². The van der Waals surface area contributed by atoms with E-state index in [2.05, 4.69) is 61.9 Å². The van der Waals surface area contributed by atoms with Crippen molar-refractivity contribution in [3.05, 3.63) is 25.6 Å². The molecule has 6 nitrogen and oxygen atoms in total. The van der Waals surface area contributed by atoms with Gasteiger partial charge in [-0.3, -0.25) is 0 Å². The molecule has 1 fully saturated rings. The van der Waals surface area contributed by atoms with Gasteiger partial charge in [-0.15, -0.1) is 13.7 Å². The van der Waals surface area contributed by atoms with Gasteiger partial charge in [0.05, 0.1) is 0 Å². The SMILES string of the molecule is O=S1(=O)ONN(c2c(Br)cc(Br)cc2Br)O1. The molecule has 0 aliphatic carbocycles. The van der Waals surface area contributed by atoms with Gasteiger partial charge in [-0.1, -0.05) is 21.5 Å². The van der Waals surface area contributed by atoms with Gasteiger partial charge in [0.2, 0.25) is 0 Å². The number of benzene rings is 1. The van der Waals surface area contributed by atoms with Crippen LogP contribution in [0, 0.1) is 0 Å². The van der Waals surface area contributed by atoms with E-state index in [1.165, 1.54) is 0 Å². The van der Waals surface area contributed by atoms with Gasteiger partial charge >= 0.3 is 10.4 Å². The maximum absolute atomic E-state index is 10.9. The molecule has 0 radical (unpaired) electrons. The number of anilines is 1. The first-order chi connectivity index (χ1) is 7.39. The standard InChI is InChI=1S/C6H3Br3N2O4S/c7-3-1-4(8)6(5(9)2-3)11-10-14-16(12,13)15-11/h1-2,10H. The van der Waals surface area contributed by atoms with Crippen LogP contribution < -0.4 is 10.8 Å². The Morgan fingerprint density at radius 3 is 2.19 bits per heavy atom. The van der Waals surface area contributed by atoms with Crippen LogP contribution in [0.15, 0.2) is 25.6 Å². The summed E-state index contributed by atoms with van der Waals surface area (Å²) in [5.41, 5.74) is 2.55. The number of nitrogens with one attached hydrogen (secondary N) is 1. The third-order valence-electron chi connectivity index (χ3n) is 1.57. The lowest BCUT2D eigenvalue weighted by atomic mass is 10.3. The second-order valence-corrected chi connectivity index (χ2v) is 6.43. The van der Waals surface area contributed by atoms with Crippen LogP contribution in [0.2, 0.25) is 0 Å². The summed E-state index contributed by atoms with van der Waals surface area (Å²) in [5.74, 6) is 0. The van der Waals surface area contributed by atoms with E-state index in [-0.39, 0.29) is 0 Å². The smallest absolute Gasteiger partial charge is 0.165 e. The second kappa shape index (κ2) is 4.52. The van der Waals surface area contributed by atoms with Crippen LogP contribution in [-0.4, -0.2) is 8.42 Å². The Balaban J connectivity index is 2.42. The van der Waals surface area contributed by atoms with Crippen molar-refractivity contribution in [2.75, 3.05) is 5.17 Å². The van der Waals surface area contributed by atoms with Crippen LogP contribution in [0.25, 0.3) is 0 Å². The predicted octanol–water partition coefficient (Wildman–Crippen LogP) is 2.41. The van der Waals surface area contributed by atoms with Crippen molar-refractivity contribution in [3.63, 3.8) is 0 Å². The molecule has 1 saturated heterocycles. The van der Waals surface area contributed by atoms with Crippen molar-refractivity contribution in [1.29, 1.82) is 0 Å². The molecule has 0 saturated carbocycles. The Bertz CT molecular complexity index is 512. The van der Waals surface area contributed by atoms with Gasteiger partial charge < -0.3 is 0 Å². The molecule has 1 aliphatic heterocycles. The molecule has 0 spiro atoms. The largest absolute Gasteiger partial charge is 0.440 e. The maximum Gasteiger partial charge on any atom is 0.440 e. The summed E-state index contributed by atoms with van der Waals surface area (Å²) in [6.07, 6.45) is 0. The van der Waals surface area contributed by atoms with E-state index in [9.17, 15) is 8.42 Å². The lowest BCUT2D eigenvalue weighted by Crippen LogP contribution is -2.29. The fourth-order valence-electron chi connectivity index (χ4n) is 1.01. The molecule has 0 unspecified atom stereocenters. The average molecular weight is 439 g/mol. The van der Waals surface area contributed by atoms with Crippen molar-refractivity contribution in [3.8, 4) is 0 Å². The molecular formula is C6H3Br3N2O4S. The number of hydrogen-bond acceptors (Lipinski definition) is 6. The highest BCUT2D eigenvalue weighted by Gasteiger charge is 2.31. The molecule has 88 valence electrons. The lowest BCUT2D eigenvalue weighted by Gasteiger charge is -2.15. The molecule has 2 rings (SSSR count). The van der Waals surface area contributed by atoms with Gasteiger partial charge in [-0.2, -0.15) is 8.42 Å². The molecule has 0 amide bonds. The highest BCUT2D eigenvalue weighted by molar-refractivity contribution is 9.11. The normalized spacial score (nSPS) is 19.1. The molecule has 0 atom stereocenters. The Kier molecular flexibility index (Phi) is 3.60. The summed E-state index contributed by atoms with van der Waals surface area (Å²) >= 11 is 9.84. The zero-order valence-corrected chi connectivity index (χ0v) is 12.9. The van der Waals surface area contributed by atoms with Crippen LogP contribution in [0.4, 0.5) is 5.69 Å². The Morgan fingerprint density at radius 1 is 1.19 bits per heavy atom. The minimum atomic E-state index is -4.03. The monoisotopic (exact) mass is 436 g/mol. The molecule has 16 heavy (non-hydrogen) atoms. The van der Waals surface area contributed by atoms with Crippen LogP contribution in [0.3, 0.4) is 0 Å². The van der Waals surface area contributed by atoms with Gasteiger partial charge in [0.1, 0.15) is 5.69 Å². The fraction of sp³-hybridized carbons (Fsp3) is 0. The molecule has 1 aromatic rings. The second-order valence-electron chi connectivity index (χ2n) is 2.67. The maximum atomic E-state index is 10.9. The topological polar surface area (TPSA) is 67.9 Å². The summed E-state index contributed by atoms with van der Waals surface area (Å²) in [4.78, 5) is 0. The third-order valence-corrected chi connectivity index (χ3v) is 3.85. The van der Waals surface area contributed by atoms with Crippen molar-refractivity contribution in [1.82, 2.24) is 5.59 Å². The Morgan fingerprint density at radius 2 is 1.75 bits per heavy atom. The first-order valence-electron chi connectivity index (χ1n) is 3.72. The van der Waals surface area contributed by atoms with E-state index >= 15 is 0 Å². The van der Waals surface area contributed by atoms with Gasteiger partial charge in [0, 0.05) is 13.4 Å². The molecule has 10 heteroatoms. The van der Waals surface area contributed by atoms with Crippen LogP contribution in [-0.2, 0) is 19.0 Å². The Hall–Kier alpha value is 0.290. The zero-order chi connectivity index (χ0) is 11.9. The predicted molar refractivity (Wildman–Crippen MR) is 66.2 cm³/mol. The summed E-state index contributed by atoms with van der Waals surface area (Å²) in [5, 5.41) is 0.885. The van der Waals surface area contributed by atoms with Crippen LogP contribution >= 0.6 is 47.8 Å². The molecule has 1 N–H and O–H groups in total. The van der Waals surface area contributed by atoms with Gasteiger partial charge in [0.15, 0.2) is 0 Å². The number of halogens is 3. The number of hydrogen-bond donors (Lipinski definition) is 1. The van der Waals surface area contributed by atoms with Crippen molar-refractivity contribution >= 4 is 63.9 Å². The first kappa shape index (κ1) is 12.7. The summed E-state index contributed by atoms with van der Waals surface area (Å²) in [6.45, 7) is 0. The number of rotatable bonds is 1. The molecule has 1 aromatic carbocycles. The molecule has 0 aromatic heterocycles. The molecule has 0 bridgehead atoms. The van der Waals surface area contributed by atoms with E-state index in [1.54, 1.807) is 12.1 Å². The highest BCUT2D eigenvalue weighted by atomic mass is 79.9. The summed E-state index contributed by atoms with van der Waals surface area (Å²) < 4.78 is 32.6. The van der Waals surface area contributed by atoms with E-state index in [0.717, 1.165) is 9.64 Å². The number of nitrogens with zero attached hydrogens (tertiary/aromatic N) is 1. The van der Waals surface area contributed by atoms with E-state index in [0.29, 0.717) is 14.6 Å². The highest BCUT2D eigenvalue weighted by Crippen LogP contribution is 2.37. The average Bonchev–Trinajstić information content (AvgIpc) is 2.44. The van der Waals surface area contributed by atoms with E-state index < -0.39 is 10.4 Å². The lowest BCUT2D eigenvalue weighted by molar-refractivity contribution is 0.197. The summed E-state index contributed by atoms with van der Waals surface area (Å²) in [6, 6.07) is 3.46. The van der Waals surface area contributed by atoms with Crippen LogP contribution in [0.5, 0.6) is 0 Å². The van der Waals surface area contributed by atoms with E-state index in [1.807, 2.05) is 0 Å². The van der Waals surface area contributed by atoms with Crippen molar-refractivity contribution < 1.29 is 17.0 Å². The third kappa shape index (κ3) is 2.58. The Labute approximate surface area is 116 Å².